The molecular formula is C24H28N4O4. The molecule has 2 amide bonds. The summed E-state index contributed by atoms with van der Waals surface area (Å²) in [6.07, 6.45) is 2.87. The van der Waals surface area contributed by atoms with Gasteiger partial charge in [-0.1, -0.05) is 30.3 Å². The molecule has 8 nitrogen and oxygen atoms in total. The number of nitrogens with one attached hydrogen (secondary N) is 1. The summed E-state index contributed by atoms with van der Waals surface area (Å²) in [5, 5.41) is 12.1. The van der Waals surface area contributed by atoms with Crippen molar-refractivity contribution in [2.75, 3.05) is 31.2 Å². The number of rotatable bonds is 10. The molecule has 0 aromatic heterocycles. The number of hydrogen-bond donors (Lipinski definition) is 2. The number of ether oxygens (including phenoxy) is 1. The third-order valence-corrected chi connectivity index (χ3v) is 5.53. The Labute approximate surface area is 187 Å². The molecule has 2 N–H and O–H groups in total. The van der Waals surface area contributed by atoms with Gasteiger partial charge in [0.05, 0.1) is 13.2 Å². The Kier molecular flexibility index (Phi) is 7.01. The summed E-state index contributed by atoms with van der Waals surface area (Å²) in [6.45, 7) is 1.73. The van der Waals surface area contributed by atoms with Gasteiger partial charge < -0.3 is 19.6 Å². The average Bonchev–Trinajstić information content (AvgIpc) is 3.17. The van der Waals surface area contributed by atoms with Crippen molar-refractivity contribution < 1.29 is 19.4 Å². The molecule has 0 atom stereocenters. The zero-order valence-corrected chi connectivity index (χ0v) is 18.0. The number of nitrogens with zero attached hydrogens (tertiary/aromatic N) is 3. The summed E-state index contributed by atoms with van der Waals surface area (Å²) in [5.41, 5.74) is 2.62. The zero-order valence-electron chi connectivity index (χ0n) is 18.0. The number of anilines is 1. The summed E-state index contributed by atoms with van der Waals surface area (Å²) >= 11 is 0. The first-order valence-electron chi connectivity index (χ1n) is 11.0. The molecule has 2 aromatic rings. The largest absolute Gasteiger partial charge is 0.491 e. The van der Waals surface area contributed by atoms with Gasteiger partial charge in [-0.2, -0.15) is 0 Å². The first-order valence-corrected chi connectivity index (χ1v) is 11.0. The number of benzene rings is 2. The molecule has 0 spiro atoms. The molecular weight excluding hydrogens is 408 g/mol. The number of carbonyl (C=O) groups excluding carboxylic acids is 2. The molecule has 4 rings (SSSR count). The number of aliphatic hydroxyl groups excluding tert-OH is 1. The molecule has 0 radical (unpaired) electrons. The lowest BCUT2D eigenvalue weighted by atomic mass is 10.1. The molecule has 2 aliphatic heterocycles. The predicted octanol–water partition coefficient (Wildman–Crippen LogP) is 2.58. The van der Waals surface area contributed by atoms with Gasteiger partial charge in [-0.25, -0.2) is 4.99 Å². The standard InChI is InChI=1S/C24H28N4O4/c29-14-13-28(19-9-3-1-4-10-19)22(31)12-5-2-6-15-32-20-11-7-8-18-16-27-17-21(30)25-24(27)26-23(18)20/h1,3-4,7-11,29H,2,5-6,12-17H2,(H,25,26,30). The van der Waals surface area contributed by atoms with Gasteiger partial charge in [0.15, 0.2) is 0 Å². The fourth-order valence-electron chi connectivity index (χ4n) is 3.95. The van der Waals surface area contributed by atoms with Crippen LogP contribution in [0.5, 0.6) is 5.75 Å². The highest BCUT2D eigenvalue weighted by molar-refractivity contribution is 6.06. The van der Waals surface area contributed by atoms with Crippen molar-refractivity contribution in [3.05, 3.63) is 54.1 Å². The number of guanidine groups is 1. The number of fused-ring (bicyclic) bond motifs is 2. The van der Waals surface area contributed by atoms with E-state index < -0.39 is 0 Å². The monoisotopic (exact) mass is 436 g/mol. The number of aliphatic hydroxyl groups is 1. The van der Waals surface area contributed by atoms with Crippen molar-refractivity contribution >= 4 is 29.1 Å². The van der Waals surface area contributed by atoms with E-state index in [1.807, 2.05) is 53.4 Å². The second-order valence-electron chi connectivity index (χ2n) is 7.87. The fraction of sp³-hybridized carbons (Fsp3) is 0.375. The maximum Gasteiger partial charge on any atom is 0.246 e. The van der Waals surface area contributed by atoms with Crippen molar-refractivity contribution in [3.8, 4) is 5.75 Å². The van der Waals surface area contributed by atoms with Gasteiger partial charge in [0, 0.05) is 30.8 Å². The number of carbonyl (C=O) groups is 2. The van der Waals surface area contributed by atoms with Crippen LogP contribution in [-0.2, 0) is 16.1 Å². The highest BCUT2D eigenvalue weighted by atomic mass is 16.5. The van der Waals surface area contributed by atoms with Crippen molar-refractivity contribution in [3.63, 3.8) is 0 Å². The Morgan fingerprint density at radius 1 is 1.09 bits per heavy atom. The number of para-hydroxylation sites is 2. The third-order valence-electron chi connectivity index (χ3n) is 5.53. The van der Waals surface area contributed by atoms with Crippen LogP contribution in [-0.4, -0.2) is 54.1 Å². The van der Waals surface area contributed by atoms with Crippen molar-refractivity contribution in [1.29, 1.82) is 0 Å². The Balaban J connectivity index is 1.24. The van der Waals surface area contributed by atoms with E-state index in [1.165, 1.54) is 0 Å². The molecule has 0 aliphatic carbocycles. The lowest BCUT2D eigenvalue weighted by molar-refractivity contribution is -0.119. The van der Waals surface area contributed by atoms with Crippen LogP contribution < -0.4 is 15.0 Å². The minimum atomic E-state index is -0.0679. The van der Waals surface area contributed by atoms with Gasteiger partial charge in [0.2, 0.25) is 17.8 Å². The third kappa shape index (κ3) is 5.08. The molecule has 1 fully saturated rings. The van der Waals surface area contributed by atoms with E-state index in [2.05, 4.69) is 10.3 Å². The van der Waals surface area contributed by atoms with Gasteiger partial charge in [-0.15, -0.1) is 0 Å². The van der Waals surface area contributed by atoms with Gasteiger partial charge >= 0.3 is 0 Å². The van der Waals surface area contributed by atoms with Crippen LogP contribution in [0, 0.1) is 0 Å². The molecule has 1 saturated heterocycles. The number of hydrogen-bond acceptors (Lipinski definition) is 6. The first kappa shape index (κ1) is 21.8. The maximum atomic E-state index is 12.6. The maximum absolute atomic E-state index is 12.6. The van der Waals surface area contributed by atoms with E-state index in [0.29, 0.717) is 44.4 Å². The second-order valence-corrected chi connectivity index (χ2v) is 7.87. The van der Waals surface area contributed by atoms with Gasteiger partial charge in [0.1, 0.15) is 18.0 Å². The Hall–Kier alpha value is -3.39. The van der Waals surface area contributed by atoms with Crippen LogP contribution in [0.2, 0.25) is 0 Å². The van der Waals surface area contributed by atoms with E-state index in [-0.39, 0.29) is 18.4 Å². The number of amides is 2. The molecule has 2 aliphatic rings. The van der Waals surface area contributed by atoms with Gasteiger partial charge in [0.25, 0.3) is 0 Å². The molecule has 0 saturated carbocycles. The topological polar surface area (TPSA) is 94.5 Å². The van der Waals surface area contributed by atoms with Crippen LogP contribution in [0.3, 0.4) is 0 Å². The summed E-state index contributed by atoms with van der Waals surface area (Å²) in [7, 11) is 0. The molecule has 0 bridgehead atoms. The van der Waals surface area contributed by atoms with Crippen LogP contribution in [0.15, 0.2) is 53.5 Å². The van der Waals surface area contributed by atoms with Crippen molar-refractivity contribution in [1.82, 2.24) is 10.2 Å². The van der Waals surface area contributed by atoms with Crippen molar-refractivity contribution in [2.45, 2.75) is 32.2 Å². The number of unbranched alkanes of at least 4 members (excludes halogenated alkanes) is 2. The smallest absolute Gasteiger partial charge is 0.246 e. The van der Waals surface area contributed by atoms with E-state index >= 15 is 0 Å². The molecule has 168 valence electrons. The van der Waals surface area contributed by atoms with Crippen LogP contribution in [0.1, 0.15) is 31.2 Å². The first-order chi connectivity index (χ1) is 15.7. The molecule has 2 heterocycles. The summed E-state index contributed by atoms with van der Waals surface area (Å²) < 4.78 is 5.98. The van der Waals surface area contributed by atoms with Gasteiger partial charge in [-0.3, -0.25) is 14.9 Å². The summed E-state index contributed by atoms with van der Waals surface area (Å²) in [4.78, 5) is 32.3. The Bertz CT molecular complexity index is 993. The van der Waals surface area contributed by atoms with E-state index in [4.69, 9.17) is 4.74 Å². The van der Waals surface area contributed by atoms with Crippen molar-refractivity contribution in [2.24, 2.45) is 4.99 Å². The van der Waals surface area contributed by atoms with Crippen LogP contribution in [0.4, 0.5) is 11.4 Å². The summed E-state index contributed by atoms with van der Waals surface area (Å²) in [5.74, 6) is 1.27. The molecule has 32 heavy (non-hydrogen) atoms. The SMILES string of the molecule is O=C1CN2Cc3cccc(OCCCCCC(=O)N(CCO)c4ccccc4)c3N=C2N1. The predicted molar refractivity (Wildman–Crippen MR) is 122 cm³/mol. The Morgan fingerprint density at radius 3 is 2.75 bits per heavy atom. The van der Waals surface area contributed by atoms with E-state index in [1.54, 1.807) is 4.90 Å². The normalized spacial score (nSPS) is 14.3. The minimum Gasteiger partial charge on any atom is -0.491 e. The highest BCUT2D eigenvalue weighted by Gasteiger charge is 2.30. The fourth-order valence-corrected chi connectivity index (χ4v) is 3.95. The second kappa shape index (κ2) is 10.3. The number of aliphatic imine (C=N–C) groups is 1. The minimum absolute atomic E-state index is 0.0160. The van der Waals surface area contributed by atoms with E-state index in [0.717, 1.165) is 36.2 Å². The highest BCUT2D eigenvalue weighted by Crippen LogP contribution is 2.36. The Morgan fingerprint density at radius 2 is 1.94 bits per heavy atom. The zero-order chi connectivity index (χ0) is 22.3. The molecule has 0 unspecified atom stereocenters. The lowest BCUT2D eigenvalue weighted by Crippen LogP contribution is -2.33. The summed E-state index contributed by atoms with van der Waals surface area (Å²) in [6, 6.07) is 15.3. The van der Waals surface area contributed by atoms with Gasteiger partial charge in [-0.05, 0) is 37.5 Å². The molecule has 8 heteroatoms. The van der Waals surface area contributed by atoms with Crippen LogP contribution in [0.25, 0.3) is 0 Å². The lowest BCUT2D eigenvalue weighted by Gasteiger charge is -2.24. The average molecular weight is 437 g/mol. The molecule has 2 aromatic carbocycles. The van der Waals surface area contributed by atoms with E-state index in [9.17, 15) is 14.7 Å². The quantitative estimate of drug-likeness (QED) is 0.559. The van der Waals surface area contributed by atoms with Crippen LogP contribution >= 0.6 is 0 Å².